The summed E-state index contributed by atoms with van der Waals surface area (Å²) >= 11 is 0. The number of hydrogen-bond acceptors (Lipinski definition) is 2. The second kappa shape index (κ2) is 8.27. The van der Waals surface area contributed by atoms with Crippen molar-refractivity contribution in [1.82, 2.24) is 10.2 Å². The highest BCUT2D eigenvalue weighted by Crippen LogP contribution is 2.33. The lowest BCUT2D eigenvalue weighted by Gasteiger charge is -2.28. The molecule has 3 aromatic rings. The average Bonchev–Trinajstić information content (AvgIpc) is 3.08. The summed E-state index contributed by atoms with van der Waals surface area (Å²) in [6, 6.07) is 22.6. The average molecular weight is 388 g/mol. The van der Waals surface area contributed by atoms with Crippen molar-refractivity contribution in [3.05, 3.63) is 107 Å². The zero-order valence-corrected chi connectivity index (χ0v) is 15.8. The molecular formula is C24H21FN2O2. The highest BCUT2D eigenvalue weighted by molar-refractivity contribution is 5.98. The smallest absolute Gasteiger partial charge is 0.255 e. The van der Waals surface area contributed by atoms with E-state index in [1.165, 1.54) is 12.1 Å². The topological polar surface area (TPSA) is 49.4 Å². The molecule has 1 aliphatic rings. The number of rotatable bonds is 6. The monoisotopic (exact) mass is 388 g/mol. The van der Waals surface area contributed by atoms with Crippen LogP contribution in [0.4, 0.5) is 4.39 Å². The van der Waals surface area contributed by atoms with E-state index in [9.17, 15) is 14.0 Å². The van der Waals surface area contributed by atoms with Crippen molar-refractivity contribution in [1.29, 1.82) is 0 Å². The van der Waals surface area contributed by atoms with Gasteiger partial charge in [-0.3, -0.25) is 9.59 Å². The molecule has 1 heterocycles. The summed E-state index contributed by atoms with van der Waals surface area (Å²) in [6.45, 7) is 0.854. The van der Waals surface area contributed by atoms with Crippen LogP contribution in [0.1, 0.15) is 39.5 Å². The number of carbonyl (C=O) groups is 2. The number of benzene rings is 3. The lowest BCUT2D eigenvalue weighted by atomic mass is 10.0. The Morgan fingerprint density at radius 1 is 0.966 bits per heavy atom. The fourth-order valence-electron chi connectivity index (χ4n) is 3.67. The van der Waals surface area contributed by atoms with E-state index in [1.54, 1.807) is 23.1 Å². The summed E-state index contributed by atoms with van der Waals surface area (Å²) in [5.41, 5.74) is 3.34. The number of hydrogen-bond donors (Lipinski definition) is 1. The van der Waals surface area contributed by atoms with E-state index in [-0.39, 0.29) is 24.1 Å². The molecule has 0 saturated carbocycles. The predicted molar refractivity (Wildman–Crippen MR) is 108 cm³/mol. The molecule has 1 aliphatic heterocycles. The Bertz CT molecular complexity index is 1020. The van der Waals surface area contributed by atoms with Crippen molar-refractivity contribution >= 4 is 11.8 Å². The molecule has 0 aliphatic carbocycles. The number of halogens is 1. The van der Waals surface area contributed by atoms with Crippen LogP contribution in [0, 0.1) is 5.82 Å². The van der Waals surface area contributed by atoms with Gasteiger partial charge in [0.05, 0.1) is 12.5 Å². The molecular weight excluding hydrogens is 367 g/mol. The van der Waals surface area contributed by atoms with Gasteiger partial charge in [-0.05, 0) is 34.9 Å². The van der Waals surface area contributed by atoms with Crippen molar-refractivity contribution in [2.24, 2.45) is 0 Å². The predicted octanol–water partition coefficient (Wildman–Crippen LogP) is 4.23. The van der Waals surface area contributed by atoms with E-state index in [0.717, 1.165) is 16.7 Å². The third-order valence-corrected chi connectivity index (χ3v) is 5.19. The molecule has 5 heteroatoms. The first kappa shape index (κ1) is 18.9. The summed E-state index contributed by atoms with van der Waals surface area (Å²) in [7, 11) is 0. The molecule has 0 spiro atoms. The van der Waals surface area contributed by atoms with E-state index in [0.29, 0.717) is 18.7 Å². The fourth-order valence-corrected chi connectivity index (χ4v) is 3.67. The third kappa shape index (κ3) is 4.19. The Balaban J connectivity index is 1.54. The molecule has 29 heavy (non-hydrogen) atoms. The molecule has 146 valence electrons. The number of nitrogens with zero attached hydrogens (tertiary/aromatic N) is 1. The Labute approximate surface area is 169 Å². The lowest BCUT2D eigenvalue weighted by Crippen LogP contribution is -2.34. The highest BCUT2D eigenvalue weighted by Gasteiger charge is 2.34. The third-order valence-electron chi connectivity index (χ3n) is 5.19. The minimum atomic E-state index is -0.466. The lowest BCUT2D eigenvalue weighted by molar-refractivity contribution is -0.122. The van der Waals surface area contributed by atoms with Crippen molar-refractivity contribution in [2.75, 3.05) is 0 Å². The Kier molecular flexibility index (Phi) is 5.38. The fraction of sp³-hybridized carbons (Fsp3) is 0.167. The van der Waals surface area contributed by atoms with Crippen LogP contribution in [-0.2, 0) is 17.9 Å². The molecule has 3 aromatic carbocycles. The number of carbonyl (C=O) groups excluding carboxylic acids is 2. The molecule has 0 fully saturated rings. The van der Waals surface area contributed by atoms with Gasteiger partial charge in [0.25, 0.3) is 5.91 Å². The first-order valence-electron chi connectivity index (χ1n) is 9.57. The standard InChI is InChI=1S/C24H21FN2O2/c25-20-12-10-18(11-13-20)22(14-23(28)26-15-17-6-2-1-3-7-17)27-16-19-8-4-5-9-21(19)24(27)29/h1-13,22H,14-16H2,(H,26,28)/t22-/m1/s1. The van der Waals surface area contributed by atoms with Gasteiger partial charge in [0, 0.05) is 18.7 Å². The van der Waals surface area contributed by atoms with Crippen molar-refractivity contribution in [2.45, 2.75) is 25.6 Å². The van der Waals surface area contributed by atoms with Crippen LogP contribution in [0.3, 0.4) is 0 Å². The van der Waals surface area contributed by atoms with E-state index < -0.39 is 6.04 Å². The van der Waals surface area contributed by atoms with Gasteiger partial charge in [-0.2, -0.15) is 0 Å². The molecule has 0 radical (unpaired) electrons. The molecule has 1 N–H and O–H groups in total. The van der Waals surface area contributed by atoms with Gasteiger partial charge in [-0.15, -0.1) is 0 Å². The molecule has 4 nitrogen and oxygen atoms in total. The number of fused-ring (bicyclic) bond motifs is 1. The highest BCUT2D eigenvalue weighted by atomic mass is 19.1. The quantitative estimate of drug-likeness (QED) is 0.687. The summed E-state index contributed by atoms with van der Waals surface area (Å²) in [5.74, 6) is -0.616. The zero-order chi connectivity index (χ0) is 20.2. The van der Waals surface area contributed by atoms with Crippen molar-refractivity contribution in [3.63, 3.8) is 0 Å². The zero-order valence-electron chi connectivity index (χ0n) is 15.8. The Morgan fingerprint density at radius 2 is 1.66 bits per heavy atom. The molecule has 4 rings (SSSR count). The first-order chi connectivity index (χ1) is 14.1. The number of nitrogens with one attached hydrogen (secondary N) is 1. The van der Waals surface area contributed by atoms with Crippen LogP contribution in [0.15, 0.2) is 78.9 Å². The second-order valence-electron chi connectivity index (χ2n) is 7.12. The van der Waals surface area contributed by atoms with Gasteiger partial charge in [0.2, 0.25) is 5.91 Å². The van der Waals surface area contributed by atoms with Gasteiger partial charge in [0.1, 0.15) is 5.82 Å². The van der Waals surface area contributed by atoms with Gasteiger partial charge < -0.3 is 10.2 Å². The molecule has 0 saturated heterocycles. The molecule has 2 amide bonds. The minimum Gasteiger partial charge on any atom is -0.352 e. The van der Waals surface area contributed by atoms with E-state index >= 15 is 0 Å². The molecule has 0 unspecified atom stereocenters. The number of amides is 2. The summed E-state index contributed by atoms with van der Waals surface area (Å²) < 4.78 is 13.4. The SMILES string of the molecule is O=C(C[C@H](c1ccc(F)cc1)N1Cc2ccccc2C1=O)NCc1ccccc1. The van der Waals surface area contributed by atoms with Crippen LogP contribution in [0.2, 0.25) is 0 Å². The molecule has 0 aromatic heterocycles. The summed E-state index contributed by atoms with van der Waals surface area (Å²) in [5, 5.41) is 2.92. The second-order valence-corrected chi connectivity index (χ2v) is 7.12. The van der Waals surface area contributed by atoms with Crippen molar-refractivity contribution < 1.29 is 14.0 Å². The van der Waals surface area contributed by atoms with Gasteiger partial charge in [0.15, 0.2) is 0 Å². The van der Waals surface area contributed by atoms with Crippen LogP contribution in [0.25, 0.3) is 0 Å². The maximum atomic E-state index is 13.4. The Morgan fingerprint density at radius 3 is 2.38 bits per heavy atom. The van der Waals surface area contributed by atoms with E-state index in [2.05, 4.69) is 5.32 Å². The van der Waals surface area contributed by atoms with E-state index in [4.69, 9.17) is 0 Å². The van der Waals surface area contributed by atoms with Gasteiger partial charge >= 0.3 is 0 Å². The normalized spacial score (nSPS) is 13.8. The largest absolute Gasteiger partial charge is 0.352 e. The van der Waals surface area contributed by atoms with Gasteiger partial charge in [-0.25, -0.2) is 4.39 Å². The molecule has 0 bridgehead atoms. The summed E-state index contributed by atoms with van der Waals surface area (Å²) in [6.07, 6.45) is 0.109. The summed E-state index contributed by atoms with van der Waals surface area (Å²) in [4.78, 5) is 27.3. The first-order valence-corrected chi connectivity index (χ1v) is 9.57. The van der Waals surface area contributed by atoms with Crippen LogP contribution in [-0.4, -0.2) is 16.7 Å². The van der Waals surface area contributed by atoms with Crippen molar-refractivity contribution in [3.8, 4) is 0 Å². The Hall–Kier alpha value is -3.47. The maximum absolute atomic E-state index is 13.4. The van der Waals surface area contributed by atoms with Crippen LogP contribution >= 0.6 is 0 Å². The maximum Gasteiger partial charge on any atom is 0.255 e. The molecule has 1 atom stereocenters. The minimum absolute atomic E-state index is 0.106. The van der Waals surface area contributed by atoms with Crippen LogP contribution < -0.4 is 5.32 Å². The van der Waals surface area contributed by atoms with Gasteiger partial charge in [-0.1, -0.05) is 60.7 Å². The van der Waals surface area contributed by atoms with Crippen LogP contribution in [0.5, 0.6) is 0 Å². The van der Waals surface area contributed by atoms with E-state index in [1.807, 2.05) is 48.5 Å².